The van der Waals surface area contributed by atoms with E-state index < -0.39 is 0 Å². The average molecular weight is 306 g/mol. The maximum Gasteiger partial charge on any atom is 0.193 e. The van der Waals surface area contributed by atoms with Gasteiger partial charge in [0.1, 0.15) is 11.5 Å². The molecule has 0 aliphatic heterocycles. The molecule has 2 N–H and O–H groups in total. The minimum atomic E-state index is -0.0766. The van der Waals surface area contributed by atoms with Gasteiger partial charge in [0.25, 0.3) is 0 Å². The molecule has 3 aromatic rings. The third kappa shape index (κ3) is 3.32. The Balaban J connectivity index is 1.80. The molecule has 3 aromatic carbocycles. The van der Waals surface area contributed by atoms with Crippen LogP contribution in [0.15, 0.2) is 72.8 Å². The molecule has 0 heterocycles. The number of aromatic hydroxyl groups is 2. The number of carbonyl (C=O) groups is 1. The predicted molar refractivity (Wildman–Crippen MR) is 86.2 cm³/mol. The number of ketones is 1. The highest BCUT2D eigenvalue weighted by Gasteiger charge is 2.09. The Morgan fingerprint density at radius 3 is 2.13 bits per heavy atom. The number of benzene rings is 3. The Morgan fingerprint density at radius 1 is 0.783 bits per heavy atom. The maximum absolute atomic E-state index is 12.3. The first kappa shape index (κ1) is 14.7. The van der Waals surface area contributed by atoms with Crippen LogP contribution in [0.5, 0.6) is 23.0 Å². The van der Waals surface area contributed by atoms with Crippen molar-refractivity contribution in [1.29, 1.82) is 0 Å². The van der Waals surface area contributed by atoms with Crippen LogP contribution in [0.2, 0.25) is 0 Å². The zero-order valence-electron chi connectivity index (χ0n) is 12.1. The number of hydrogen-bond acceptors (Lipinski definition) is 4. The predicted octanol–water partition coefficient (Wildman–Crippen LogP) is 4.12. The standard InChI is InChI=1S/C19H14O4/c20-15-8-11-17(21)18(12-15)23-16-9-6-14(7-10-16)19(22)13-4-2-1-3-5-13/h1-12,20-21H. The smallest absolute Gasteiger partial charge is 0.193 e. The van der Waals surface area contributed by atoms with Crippen LogP contribution in [0.1, 0.15) is 15.9 Å². The maximum atomic E-state index is 12.3. The SMILES string of the molecule is O=C(c1ccccc1)c1ccc(Oc2cc(O)ccc2O)cc1. The van der Waals surface area contributed by atoms with Crippen molar-refractivity contribution < 1.29 is 19.7 Å². The summed E-state index contributed by atoms with van der Waals surface area (Å²) in [5.41, 5.74) is 1.16. The molecule has 4 nitrogen and oxygen atoms in total. The summed E-state index contributed by atoms with van der Waals surface area (Å²) in [6, 6.07) is 19.6. The van der Waals surface area contributed by atoms with Crippen LogP contribution in [0.3, 0.4) is 0 Å². The van der Waals surface area contributed by atoms with Gasteiger partial charge in [-0.05, 0) is 36.4 Å². The highest BCUT2D eigenvalue weighted by molar-refractivity contribution is 6.08. The lowest BCUT2D eigenvalue weighted by Gasteiger charge is -2.08. The molecule has 0 bridgehead atoms. The number of phenols is 2. The van der Waals surface area contributed by atoms with Gasteiger partial charge in [-0.15, -0.1) is 0 Å². The van der Waals surface area contributed by atoms with Gasteiger partial charge in [0.05, 0.1) is 0 Å². The summed E-state index contributed by atoms with van der Waals surface area (Å²) in [4.78, 5) is 12.3. The van der Waals surface area contributed by atoms with Crippen molar-refractivity contribution >= 4 is 5.78 Å². The fraction of sp³-hybridized carbons (Fsp3) is 0. The van der Waals surface area contributed by atoms with Crippen molar-refractivity contribution in [3.63, 3.8) is 0 Å². The fourth-order valence-corrected chi connectivity index (χ4v) is 2.14. The average Bonchev–Trinajstić information content (AvgIpc) is 2.59. The van der Waals surface area contributed by atoms with Gasteiger partial charge in [-0.1, -0.05) is 30.3 Å². The molecular formula is C19H14O4. The minimum absolute atomic E-state index is 0.00586. The Morgan fingerprint density at radius 2 is 1.43 bits per heavy atom. The van der Waals surface area contributed by atoms with Crippen LogP contribution >= 0.6 is 0 Å². The zero-order chi connectivity index (χ0) is 16.2. The minimum Gasteiger partial charge on any atom is -0.508 e. The lowest BCUT2D eigenvalue weighted by Crippen LogP contribution is -2.00. The van der Waals surface area contributed by atoms with Crippen LogP contribution < -0.4 is 4.74 Å². The van der Waals surface area contributed by atoms with Crippen LogP contribution in [-0.4, -0.2) is 16.0 Å². The first-order valence-corrected chi connectivity index (χ1v) is 7.03. The van der Waals surface area contributed by atoms with E-state index in [9.17, 15) is 15.0 Å². The van der Waals surface area contributed by atoms with E-state index in [-0.39, 0.29) is 23.0 Å². The third-order valence-corrected chi connectivity index (χ3v) is 3.32. The number of hydrogen-bond donors (Lipinski definition) is 2. The normalized spacial score (nSPS) is 10.3. The number of phenolic OH excluding ortho intramolecular Hbond substituents is 2. The summed E-state index contributed by atoms with van der Waals surface area (Å²) < 4.78 is 5.51. The van der Waals surface area contributed by atoms with E-state index in [4.69, 9.17) is 4.74 Å². The summed E-state index contributed by atoms with van der Waals surface area (Å²) in [6.45, 7) is 0. The van der Waals surface area contributed by atoms with Crippen molar-refractivity contribution in [2.24, 2.45) is 0 Å². The fourth-order valence-electron chi connectivity index (χ4n) is 2.14. The molecule has 0 aromatic heterocycles. The van der Waals surface area contributed by atoms with E-state index in [2.05, 4.69) is 0 Å². The summed E-state index contributed by atoms with van der Waals surface area (Å²) in [7, 11) is 0. The molecule has 0 atom stereocenters. The Hall–Kier alpha value is -3.27. The molecule has 0 unspecified atom stereocenters. The van der Waals surface area contributed by atoms with E-state index in [0.29, 0.717) is 16.9 Å². The quantitative estimate of drug-likeness (QED) is 0.562. The molecule has 3 rings (SSSR count). The Labute approximate surface area is 133 Å². The van der Waals surface area contributed by atoms with Gasteiger partial charge in [-0.25, -0.2) is 0 Å². The monoisotopic (exact) mass is 306 g/mol. The molecule has 0 saturated carbocycles. The van der Waals surface area contributed by atoms with E-state index in [1.54, 1.807) is 36.4 Å². The van der Waals surface area contributed by atoms with Gasteiger partial charge >= 0.3 is 0 Å². The highest BCUT2D eigenvalue weighted by Crippen LogP contribution is 2.33. The van der Waals surface area contributed by atoms with Gasteiger partial charge in [0.15, 0.2) is 17.3 Å². The molecule has 0 spiro atoms. The lowest BCUT2D eigenvalue weighted by molar-refractivity contribution is 0.103. The summed E-state index contributed by atoms with van der Waals surface area (Å²) in [6.07, 6.45) is 0. The second kappa shape index (κ2) is 6.23. The van der Waals surface area contributed by atoms with Gasteiger partial charge < -0.3 is 14.9 Å². The molecule has 0 aliphatic rings. The number of carbonyl (C=O) groups excluding carboxylic acids is 1. The first-order valence-electron chi connectivity index (χ1n) is 7.03. The molecule has 0 saturated heterocycles. The van der Waals surface area contributed by atoms with Crippen molar-refractivity contribution in [2.75, 3.05) is 0 Å². The van der Waals surface area contributed by atoms with Gasteiger partial charge in [-0.2, -0.15) is 0 Å². The highest BCUT2D eigenvalue weighted by atomic mass is 16.5. The molecule has 0 amide bonds. The second-order valence-corrected chi connectivity index (χ2v) is 4.97. The molecule has 0 radical (unpaired) electrons. The largest absolute Gasteiger partial charge is 0.508 e. The summed E-state index contributed by atoms with van der Waals surface area (Å²) in [5.74, 6) is 0.445. The van der Waals surface area contributed by atoms with Gasteiger partial charge in [0, 0.05) is 17.2 Å². The van der Waals surface area contributed by atoms with E-state index in [0.717, 1.165) is 0 Å². The van der Waals surface area contributed by atoms with Crippen molar-refractivity contribution in [1.82, 2.24) is 0 Å². The van der Waals surface area contributed by atoms with Gasteiger partial charge in [-0.3, -0.25) is 4.79 Å². The summed E-state index contributed by atoms with van der Waals surface area (Å²) in [5, 5.41) is 19.1. The topological polar surface area (TPSA) is 66.8 Å². The number of rotatable bonds is 4. The van der Waals surface area contributed by atoms with Crippen LogP contribution in [0.25, 0.3) is 0 Å². The van der Waals surface area contributed by atoms with Crippen molar-refractivity contribution in [2.45, 2.75) is 0 Å². The van der Waals surface area contributed by atoms with Crippen LogP contribution in [-0.2, 0) is 0 Å². The second-order valence-electron chi connectivity index (χ2n) is 4.97. The van der Waals surface area contributed by atoms with Gasteiger partial charge in [0.2, 0.25) is 0 Å². The molecular weight excluding hydrogens is 292 g/mol. The van der Waals surface area contributed by atoms with E-state index in [1.807, 2.05) is 18.2 Å². The summed E-state index contributed by atoms with van der Waals surface area (Å²) >= 11 is 0. The molecule has 114 valence electrons. The van der Waals surface area contributed by atoms with Crippen LogP contribution in [0, 0.1) is 0 Å². The zero-order valence-corrected chi connectivity index (χ0v) is 12.1. The molecule has 23 heavy (non-hydrogen) atoms. The Kier molecular flexibility index (Phi) is 3.97. The third-order valence-electron chi connectivity index (χ3n) is 3.32. The molecule has 4 heteroatoms. The number of ether oxygens (including phenoxy) is 1. The van der Waals surface area contributed by atoms with E-state index >= 15 is 0 Å². The van der Waals surface area contributed by atoms with E-state index in [1.165, 1.54) is 18.2 Å². The molecule has 0 fully saturated rings. The lowest BCUT2D eigenvalue weighted by atomic mass is 10.0. The van der Waals surface area contributed by atoms with Crippen molar-refractivity contribution in [3.05, 3.63) is 83.9 Å². The van der Waals surface area contributed by atoms with Crippen molar-refractivity contribution in [3.8, 4) is 23.0 Å². The van der Waals surface area contributed by atoms with Crippen LogP contribution in [0.4, 0.5) is 0 Å². The Bertz CT molecular complexity index is 824. The molecule has 0 aliphatic carbocycles. The first-order chi connectivity index (χ1) is 11.1.